The first-order valence-electron chi connectivity index (χ1n) is 10.8. The third kappa shape index (κ3) is 4.09. The molecule has 3 saturated carbocycles. The summed E-state index contributed by atoms with van der Waals surface area (Å²) in [5.74, 6) is 2.96. The van der Waals surface area contributed by atoms with E-state index in [0.717, 1.165) is 54.8 Å². The van der Waals surface area contributed by atoms with E-state index in [0.29, 0.717) is 12.3 Å². The lowest BCUT2D eigenvalue weighted by Gasteiger charge is -2.28. The first kappa shape index (κ1) is 19.9. The fraction of sp³-hybridized carbons (Fsp3) is 0.609. The molecule has 4 atom stereocenters. The number of ether oxygens (including phenoxy) is 2. The molecule has 3 aliphatic carbocycles. The van der Waals surface area contributed by atoms with Gasteiger partial charge in [-0.15, -0.1) is 13.2 Å². The second-order valence-electron chi connectivity index (χ2n) is 9.17. The highest BCUT2D eigenvalue weighted by atomic mass is 19.4. The van der Waals surface area contributed by atoms with Gasteiger partial charge in [-0.2, -0.15) is 0 Å². The molecule has 3 aliphatic rings. The lowest BCUT2D eigenvalue weighted by atomic mass is 9.85. The Balaban J connectivity index is 1.40. The van der Waals surface area contributed by atoms with Gasteiger partial charge in [0.05, 0.1) is 12.7 Å². The lowest BCUT2D eigenvalue weighted by molar-refractivity contribution is -0.274. The molecule has 7 heteroatoms. The monoisotopic (exact) mass is 421 g/mol. The minimum atomic E-state index is -4.77. The number of benzene rings is 1. The summed E-state index contributed by atoms with van der Waals surface area (Å²) >= 11 is 0. The molecule has 0 radical (unpaired) electrons. The van der Waals surface area contributed by atoms with Crippen molar-refractivity contribution in [2.45, 2.75) is 70.4 Å². The molecule has 1 aromatic carbocycles. The third-order valence-corrected chi connectivity index (χ3v) is 6.91. The van der Waals surface area contributed by atoms with Gasteiger partial charge < -0.3 is 14.0 Å². The maximum Gasteiger partial charge on any atom is 0.573 e. The Hall–Kier alpha value is -2.02. The second kappa shape index (κ2) is 7.59. The van der Waals surface area contributed by atoms with E-state index in [1.165, 1.54) is 25.0 Å². The van der Waals surface area contributed by atoms with E-state index < -0.39 is 6.36 Å². The smallest absolute Gasteiger partial charge is 0.405 e. The summed E-state index contributed by atoms with van der Waals surface area (Å²) < 4.78 is 54.8. The lowest BCUT2D eigenvalue weighted by Crippen LogP contribution is -2.24. The zero-order valence-electron chi connectivity index (χ0n) is 17.0. The van der Waals surface area contributed by atoms with Crippen LogP contribution in [0.4, 0.5) is 13.2 Å². The molecule has 3 fully saturated rings. The Morgan fingerprint density at radius 2 is 1.90 bits per heavy atom. The van der Waals surface area contributed by atoms with Crippen molar-refractivity contribution in [1.82, 2.24) is 5.16 Å². The van der Waals surface area contributed by atoms with Crippen molar-refractivity contribution >= 4 is 0 Å². The largest absolute Gasteiger partial charge is 0.573 e. The number of hydrogen-bond donors (Lipinski definition) is 0. The summed E-state index contributed by atoms with van der Waals surface area (Å²) in [6.45, 7) is 2.64. The topological polar surface area (TPSA) is 44.5 Å². The molecular formula is C23H26F3NO3. The number of fused-ring (bicyclic) bond motifs is 2. The molecule has 5 rings (SSSR count). The van der Waals surface area contributed by atoms with Crippen molar-refractivity contribution in [2.24, 2.45) is 17.8 Å². The molecule has 0 spiro atoms. The molecule has 0 N–H and O–H groups in total. The van der Waals surface area contributed by atoms with Crippen LogP contribution in [0.3, 0.4) is 0 Å². The molecule has 2 bridgehead atoms. The highest BCUT2D eigenvalue weighted by molar-refractivity contribution is 5.70. The van der Waals surface area contributed by atoms with E-state index in [9.17, 15) is 13.2 Å². The first-order chi connectivity index (χ1) is 14.4. The van der Waals surface area contributed by atoms with Crippen molar-refractivity contribution in [1.29, 1.82) is 0 Å². The molecule has 2 aromatic rings. The molecule has 1 aromatic heterocycles. The minimum Gasteiger partial charge on any atom is -0.405 e. The van der Waals surface area contributed by atoms with Crippen molar-refractivity contribution in [3.8, 4) is 17.0 Å². The average molecular weight is 421 g/mol. The summed E-state index contributed by atoms with van der Waals surface area (Å²) in [6.07, 6.45) is 2.14. The number of hydrogen-bond acceptors (Lipinski definition) is 4. The highest BCUT2D eigenvalue weighted by Crippen LogP contribution is 2.48. The fourth-order valence-electron chi connectivity index (χ4n) is 5.35. The zero-order chi connectivity index (χ0) is 20.9. The zero-order valence-corrected chi connectivity index (χ0v) is 17.0. The summed E-state index contributed by atoms with van der Waals surface area (Å²) in [7, 11) is 0. The standard InChI is InChI=1S/C23H26F3NO3/c1-13-8-14-9-16(13)11-17(10-14)28-12-19-21(27-30-22(19)15-6-7-15)18-4-2-3-5-20(18)29-23(24,25)26/h2-5,13-17H,6-12H2,1H3. The van der Waals surface area contributed by atoms with Crippen molar-refractivity contribution < 1.29 is 27.2 Å². The molecule has 1 heterocycles. The first-order valence-corrected chi connectivity index (χ1v) is 10.8. The number of aromatic nitrogens is 1. The van der Waals surface area contributed by atoms with Gasteiger partial charge in [-0.25, -0.2) is 0 Å². The quantitative estimate of drug-likeness (QED) is 0.537. The minimum absolute atomic E-state index is 0.190. The van der Waals surface area contributed by atoms with Crippen LogP contribution >= 0.6 is 0 Å². The van der Waals surface area contributed by atoms with Crippen LogP contribution < -0.4 is 4.74 Å². The molecule has 4 unspecified atom stereocenters. The number of rotatable bonds is 6. The normalized spacial score (nSPS) is 28.7. The van der Waals surface area contributed by atoms with E-state index in [2.05, 4.69) is 16.8 Å². The number of halogens is 3. The van der Waals surface area contributed by atoms with Crippen LogP contribution in [-0.4, -0.2) is 17.6 Å². The van der Waals surface area contributed by atoms with Gasteiger partial charge in [0.25, 0.3) is 0 Å². The summed E-state index contributed by atoms with van der Waals surface area (Å²) in [4.78, 5) is 0. The van der Waals surface area contributed by atoms with Gasteiger partial charge in [0.15, 0.2) is 0 Å². The maximum absolute atomic E-state index is 12.9. The van der Waals surface area contributed by atoms with Crippen LogP contribution in [0.2, 0.25) is 0 Å². The molecular weight excluding hydrogens is 395 g/mol. The summed E-state index contributed by atoms with van der Waals surface area (Å²) in [5, 5.41) is 4.15. The summed E-state index contributed by atoms with van der Waals surface area (Å²) in [5.41, 5.74) is 1.44. The van der Waals surface area contributed by atoms with E-state index in [1.807, 2.05) is 0 Å². The van der Waals surface area contributed by atoms with Crippen LogP contribution in [-0.2, 0) is 11.3 Å². The Bertz CT molecular complexity index is 903. The second-order valence-corrected chi connectivity index (χ2v) is 9.17. The SMILES string of the molecule is CC1CC2CC(OCc3c(-c4ccccc4OC(F)(F)F)noc3C3CC3)CC1C2. The molecule has 162 valence electrons. The number of alkyl halides is 3. The van der Waals surface area contributed by atoms with Crippen molar-refractivity contribution in [3.05, 3.63) is 35.6 Å². The molecule has 4 nitrogen and oxygen atoms in total. The van der Waals surface area contributed by atoms with Gasteiger partial charge in [-0.1, -0.05) is 24.2 Å². The van der Waals surface area contributed by atoms with Crippen LogP contribution in [0.25, 0.3) is 11.3 Å². The van der Waals surface area contributed by atoms with Crippen molar-refractivity contribution in [3.63, 3.8) is 0 Å². The van der Waals surface area contributed by atoms with Gasteiger partial charge in [-0.3, -0.25) is 0 Å². The van der Waals surface area contributed by atoms with E-state index in [-0.39, 0.29) is 23.3 Å². The van der Waals surface area contributed by atoms with Gasteiger partial charge >= 0.3 is 6.36 Å². The van der Waals surface area contributed by atoms with Gasteiger partial charge in [0.2, 0.25) is 0 Å². The Kier molecular flexibility index (Phi) is 5.04. The number of para-hydroxylation sites is 1. The molecule has 30 heavy (non-hydrogen) atoms. The van der Waals surface area contributed by atoms with Gasteiger partial charge in [0, 0.05) is 17.0 Å². The highest BCUT2D eigenvalue weighted by Gasteiger charge is 2.40. The molecule has 0 aliphatic heterocycles. The Morgan fingerprint density at radius 3 is 2.63 bits per heavy atom. The predicted molar refractivity (Wildman–Crippen MR) is 104 cm³/mol. The summed E-state index contributed by atoms with van der Waals surface area (Å²) in [6, 6.07) is 6.08. The van der Waals surface area contributed by atoms with Crippen LogP contribution in [0.15, 0.2) is 28.8 Å². The predicted octanol–water partition coefficient (Wildman–Crippen LogP) is 6.46. The Morgan fingerprint density at radius 1 is 1.10 bits per heavy atom. The fourth-order valence-corrected chi connectivity index (χ4v) is 5.35. The van der Waals surface area contributed by atoms with Gasteiger partial charge in [0.1, 0.15) is 17.2 Å². The van der Waals surface area contributed by atoms with Gasteiger partial charge in [-0.05, 0) is 68.4 Å². The van der Waals surface area contributed by atoms with Crippen LogP contribution in [0.5, 0.6) is 5.75 Å². The number of nitrogens with zero attached hydrogens (tertiary/aromatic N) is 1. The van der Waals surface area contributed by atoms with E-state index in [1.54, 1.807) is 12.1 Å². The van der Waals surface area contributed by atoms with Crippen molar-refractivity contribution in [2.75, 3.05) is 0 Å². The van der Waals surface area contributed by atoms with Crippen LogP contribution in [0.1, 0.15) is 62.7 Å². The molecule has 0 amide bonds. The molecule has 0 saturated heterocycles. The van der Waals surface area contributed by atoms with Crippen LogP contribution in [0, 0.1) is 17.8 Å². The van der Waals surface area contributed by atoms with E-state index in [4.69, 9.17) is 9.26 Å². The third-order valence-electron chi connectivity index (χ3n) is 6.91. The average Bonchev–Trinajstić information content (AvgIpc) is 3.39. The van der Waals surface area contributed by atoms with E-state index >= 15 is 0 Å². The Labute approximate surface area is 173 Å². The maximum atomic E-state index is 12.9.